The zero-order valence-electron chi connectivity index (χ0n) is 15.4. The van der Waals surface area contributed by atoms with Crippen molar-refractivity contribution in [1.82, 2.24) is 9.97 Å². The fourth-order valence-corrected chi connectivity index (χ4v) is 2.76. The van der Waals surface area contributed by atoms with Gasteiger partial charge in [0.15, 0.2) is 0 Å². The Morgan fingerprint density at radius 2 is 0.964 bits per heavy atom. The molecule has 0 unspecified atom stereocenters. The molecule has 0 fully saturated rings. The van der Waals surface area contributed by atoms with E-state index in [0.717, 1.165) is 34.0 Å². The lowest BCUT2D eigenvalue weighted by Crippen LogP contribution is -1.97. The van der Waals surface area contributed by atoms with Crippen LogP contribution in [0.4, 0.5) is 0 Å². The zero-order chi connectivity index (χ0) is 19.0. The van der Waals surface area contributed by atoms with Crippen LogP contribution in [0.15, 0.2) is 97.3 Å². The molecular weight excluding hydrogens is 348 g/mol. The summed E-state index contributed by atoms with van der Waals surface area (Å²) < 4.78 is 11.8. The minimum atomic E-state index is 0.512. The highest BCUT2D eigenvalue weighted by Crippen LogP contribution is 2.24. The summed E-state index contributed by atoms with van der Waals surface area (Å²) in [6, 6.07) is 27.6. The Morgan fingerprint density at radius 1 is 0.536 bits per heavy atom. The van der Waals surface area contributed by atoms with Gasteiger partial charge in [0, 0.05) is 24.5 Å². The van der Waals surface area contributed by atoms with E-state index in [9.17, 15) is 0 Å². The van der Waals surface area contributed by atoms with Crippen molar-refractivity contribution in [1.29, 1.82) is 0 Å². The van der Waals surface area contributed by atoms with Crippen molar-refractivity contribution in [3.05, 3.63) is 108 Å². The monoisotopic (exact) mass is 368 g/mol. The van der Waals surface area contributed by atoms with Crippen molar-refractivity contribution in [3.63, 3.8) is 0 Å². The number of aromatic nitrogens is 2. The third-order valence-electron chi connectivity index (χ3n) is 4.22. The molecule has 0 atom stereocenters. The maximum absolute atomic E-state index is 5.89. The predicted octanol–water partition coefficient (Wildman–Crippen LogP) is 5.30. The largest absolute Gasteiger partial charge is 0.489 e. The van der Waals surface area contributed by atoms with E-state index >= 15 is 0 Å². The minimum absolute atomic E-state index is 0.512. The molecule has 4 nitrogen and oxygen atoms in total. The Hall–Kier alpha value is -3.66. The molecule has 2 heterocycles. The third kappa shape index (κ3) is 4.74. The molecule has 4 rings (SSSR count). The normalized spacial score (nSPS) is 10.4. The van der Waals surface area contributed by atoms with Crippen LogP contribution in [0.25, 0.3) is 11.4 Å². The van der Waals surface area contributed by atoms with Gasteiger partial charge >= 0.3 is 0 Å². The van der Waals surface area contributed by atoms with Gasteiger partial charge in [0.2, 0.25) is 0 Å². The molecule has 0 saturated heterocycles. The summed E-state index contributed by atoms with van der Waals surface area (Å²) in [6.07, 6.45) is 3.46. The average Bonchev–Trinajstić information content (AvgIpc) is 2.78. The molecule has 0 N–H and O–H groups in total. The van der Waals surface area contributed by atoms with Gasteiger partial charge in [-0.25, -0.2) is 0 Å². The Morgan fingerprint density at radius 3 is 1.39 bits per heavy atom. The molecule has 28 heavy (non-hydrogen) atoms. The summed E-state index contributed by atoms with van der Waals surface area (Å²) in [7, 11) is 0. The number of benzene rings is 2. The summed E-state index contributed by atoms with van der Waals surface area (Å²) in [4.78, 5) is 8.85. The highest BCUT2D eigenvalue weighted by molar-refractivity contribution is 5.57. The first-order chi connectivity index (χ1) is 13.9. The van der Waals surface area contributed by atoms with Crippen LogP contribution < -0.4 is 9.47 Å². The van der Waals surface area contributed by atoms with Gasteiger partial charge in [-0.3, -0.25) is 9.97 Å². The van der Waals surface area contributed by atoms with Gasteiger partial charge in [-0.05, 0) is 23.3 Å². The minimum Gasteiger partial charge on any atom is -0.489 e. The van der Waals surface area contributed by atoms with Gasteiger partial charge in [-0.1, -0.05) is 60.7 Å². The van der Waals surface area contributed by atoms with Crippen molar-refractivity contribution >= 4 is 0 Å². The van der Waals surface area contributed by atoms with E-state index in [1.165, 1.54) is 0 Å². The van der Waals surface area contributed by atoms with Crippen LogP contribution in [0.5, 0.6) is 11.5 Å². The van der Waals surface area contributed by atoms with Crippen LogP contribution in [0.1, 0.15) is 11.1 Å². The van der Waals surface area contributed by atoms with Gasteiger partial charge in [0.25, 0.3) is 0 Å². The second-order valence-electron chi connectivity index (χ2n) is 6.30. The summed E-state index contributed by atoms with van der Waals surface area (Å²) in [5.74, 6) is 1.51. The van der Waals surface area contributed by atoms with Gasteiger partial charge in [-0.2, -0.15) is 0 Å². The van der Waals surface area contributed by atoms with Crippen LogP contribution in [0, 0.1) is 0 Å². The molecule has 0 spiro atoms. The van der Waals surface area contributed by atoms with Crippen molar-refractivity contribution in [2.24, 2.45) is 0 Å². The first kappa shape index (κ1) is 17.7. The van der Waals surface area contributed by atoms with Crippen molar-refractivity contribution in [3.8, 4) is 22.9 Å². The lowest BCUT2D eigenvalue weighted by Gasteiger charge is -2.09. The molecule has 0 radical (unpaired) electrons. The first-order valence-corrected chi connectivity index (χ1v) is 9.13. The molecule has 0 aliphatic heterocycles. The second-order valence-corrected chi connectivity index (χ2v) is 6.30. The lowest BCUT2D eigenvalue weighted by molar-refractivity contribution is 0.305. The van der Waals surface area contributed by atoms with E-state index in [2.05, 4.69) is 9.97 Å². The van der Waals surface area contributed by atoms with E-state index in [1.807, 2.05) is 84.9 Å². The number of hydrogen-bond donors (Lipinski definition) is 0. The molecule has 138 valence electrons. The summed E-state index contributed by atoms with van der Waals surface area (Å²) >= 11 is 0. The van der Waals surface area contributed by atoms with Crippen molar-refractivity contribution in [2.45, 2.75) is 13.2 Å². The van der Waals surface area contributed by atoms with Crippen LogP contribution in [0.3, 0.4) is 0 Å². The third-order valence-corrected chi connectivity index (χ3v) is 4.22. The molecule has 2 aromatic heterocycles. The second kappa shape index (κ2) is 8.82. The highest BCUT2D eigenvalue weighted by Gasteiger charge is 2.06. The summed E-state index contributed by atoms with van der Waals surface area (Å²) in [5, 5.41) is 0. The Bertz CT molecular complexity index is 936. The van der Waals surface area contributed by atoms with Crippen LogP contribution >= 0.6 is 0 Å². The molecule has 4 heteroatoms. The molecule has 0 aliphatic rings. The fourth-order valence-electron chi connectivity index (χ4n) is 2.76. The Kier molecular flexibility index (Phi) is 5.59. The Labute approximate surface area is 164 Å². The predicted molar refractivity (Wildman–Crippen MR) is 109 cm³/mol. The maximum atomic E-state index is 5.89. The molecule has 0 aliphatic carbocycles. The quantitative estimate of drug-likeness (QED) is 0.444. The number of hydrogen-bond acceptors (Lipinski definition) is 4. The molecule has 0 amide bonds. The zero-order valence-corrected chi connectivity index (χ0v) is 15.4. The molecule has 4 aromatic rings. The number of ether oxygens (including phenoxy) is 2. The standard InChI is InChI=1S/C24H20N2O2/c1-3-7-19(8-4-1)17-27-21-11-13-25-23(15-21)24-16-22(12-14-26-24)28-18-20-9-5-2-6-10-20/h1-16H,17-18H2. The SMILES string of the molecule is c1ccc(COc2ccnc(-c3cc(OCc4ccccc4)ccn3)c2)cc1. The smallest absolute Gasteiger partial charge is 0.123 e. The maximum Gasteiger partial charge on any atom is 0.123 e. The van der Waals surface area contributed by atoms with E-state index < -0.39 is 0 Å². The van der Waals surface area contributed by atoms with Gasteiger partial charge in [-0.15, -0.1) is 0 Å². The van der Waals surface area contributed by atoms with Crippen LogP contribution in [0.2, 0.25) is 0 Å². The van der Waals surface area contributed by atoms with E-state index in [4.69, 9.17) is 9.47 Å². The van der Waals surface area contributed by atoms with Crippen molar-refractivity contribution in [2.75, 3.05) is 0 Å². The first-order valence-electron chi connectivity index (χ1n) is 9.13. The van der Waals surface area contributed by atoms with Crippen LogP contribution in [-0.4, -0.2) is 9.97 Å². The topological polar surface area (TPSA) is 44.2 Å². The van der Waals surface area contributed by atoms with Crippen molar-refractivity contribution < 1.29 is 9.47 Å². The highest BCUT2D eigenvalue weighted by atomic mass is 16.5. The Balaban J connectivity index is 1.45. The summed E-state index contributed by atoms with van der Waals surface area (Å²) in [6.45, 7) is 1.02. The van der Waals surface area contributed by atoms with Crippen LogP contribution in [-0.2, 0) is 13.2 Å². The fraction of sp³-hybridized carbons (Fsp3) is 0.0833. The van der Waals surface area contributed by atoms with Gasteiger partial charge < -0.3 is 9.47 Å². The van der Waals surface area contributed by atoms with E-state index in [-0.39, 0.29) is 0 Å². The van der Waals surface area contributed by atoms with Gasteiger partial charge in [0.1, 0.15) is 24.7 Å². The number of pyridine rings is 2. The lowest BCUT2D eigenvalue weighted by atomic mass is 10.2. The van der Waals surface area contributed by atoms with E-state index in [0.29, 0.717) is 13.2 Å². The van der Waals surface area contributed by atoms with Gasteiger partial charge in [0.05, 0.1) is 11.4 Å². The molecule has 0 bridgehead atoms. The molecule has 0 saturated carbocycles. The van der Waals surface area contributed by atoms with E-state index in [1.54, 1.807) is 12.4 Å². The number of nitrogens with zero attached hydrogens (tertiary/aromatic N) is 2. The average molecular weight is 368 g/mol. The molecular formula is C24H20N2O2. The summed E-state index contributed by atoms with van der Waals surface area (Å²) in [5.41, 5.74) is 3.73. The number of rotatable bonds is 7. The molecule has 2 aromatic carbocycles.